The zero-order valence-corrected chi connectivity index (χ0v) is 12.1. The normalized spacial score (nSPS) is 15.6. The maximum Gasteiger partial charge on any atom is 0.220 e. The molecule has 0 unspecified atom stereocenters. The molecule has 0 saturated heterocycles. The zero-order valence-electron chi connectivity index (χ0n) is 12.1. The van der Waals surface area contributed by atoms with Crippen LogP contribution in [0, 0.1) is 6.92 Å². The Kier molecular flexibility index (Phi) is 3.13. The maximum absolute atomic E-state index is 6.35. The Morgan fingerprint density at radius 3 is 2.86 bits per heavy atom. The van der Waals surface area contributed by atoms with Gasteiger partial charge >= 0.3 is 0 Å². The summed E-state index contributed by atoms with van der Waals surface area (Å²) in [6, 6.07) is 8.09. The Morgan fingerprint density at radius 2 is 2.10 bits per heavy atom. The van der Waals surface area contributed by atoms with Crippen molar-refractivity contribution >= 4 is 23.0 Å². The molecule has 6 nitrogen and oxygen atoms in total. The third kappa shape index (κ3) is 2.14. The number of benzene rings is 1. The largest absolute Gasteiger partial charge is 0.394 e. The van der Waals surface area contributed by atoms with Gasteiger partial charge in [-0.25, -0.2) is 9.97 Å². The van der Waals surface area contributed by atoms with Crippen LogP contribution in [0.4, 0.5) is 17.3 Å². The van der Waals surface area contributed by atoms with Crippen LogP contribution in [0.5, 0.6) is 0 Å². The Morgan fingerprint density at radius 1 is 1.33 bits per heavy atom. The molecule has 6 heteroatoms. The summed E-state index contributed by atoms with van der Waals surface area (Å²) in [5.41, 5.74) is 16.3. The molecular weight excluding hydrogens is 264 g/mol. The first-order chi connectivity index (χ1) is 10.1. The average Bonchev–Trinajstić information content (AvgIpc) is 2.87. The summed E-state index contributed by atoms with van der Waals surface area (Å²) in [7, 11) is 0. The second-order valence-electron chi connectivity index (χ2n) is 4.91. The molecule has 2 aromatic rings. The van der Waals surface area contributed by atoms with Crippen LogP contribution in [0.25, 0.3) is 5.70 Å². The van der Waals surface area contributed by atoms with Crippen molar-refractivity contribution in [2.45, 2.75) is 13.8 Å². The quantitative estimate of drug-likeness (QED) is 0.779. The molecule has 2 heterocycles. The molecule has 0 aliphatic carbocycles. The lowest BCUT2D eigenvalue weighted by molar-refractivity contribution is 0.983. The molecule has 0 radical (unpaired) electrons. The van der Waals surface area contributed by atoms with Gasteiger partial charge < -0.3 is 21.7 Å². The molecule has 1 aliphatic heterocycles. The number of rotatable bonds is 2. The third-order valence-corrected chi connectivity index (χ3v) is 3.53. The van der Waals surface area contributed by atoms with Crippen molar-refractivity contribution in [2.24, 2.45) is 5.73 Å². The molecule has 21 heavy (non-hydrogen) atoms. The first-order valence-corrected chi connectivity index (χ1v) is 6.84. The van der Waals surface area contributed by atoms with Crippen LogP contribution in [0.15, 0.2) is 36.3 Å². The molecular formula is C15H18N6. The van der Waals surface area contributed by atoms with E-state index in [9.17, 15) is 0 Å². The van der Waals surface area contributed by atoms with Gasteiger partial charge in [-0.2, -0.15) is 0 Å². The molecule has 5 N–H and O–H groups in total. The van der Waals surface area contributed by atoms with E-state index in [1.54, 1.807) is 6.20 Å². The summed E-state index contributed by atoms with van der Waals surface area (Å²) in [4.78, 5) is 10.4. The maximum atomic E-state index is 6.35. The van der Waals surface area contributed by atoms with E-state index in [1.807, 2.05) is 25.1 Å². The van der Waals surface area contributed by atoms with Gasteiger partial charge in [0.05, 0.1) is 22.8 Å². The van der Waals surface area contributed by atoms with Crippen LogP contribution in [-0.2, 0) is 0 Å². The zero-order chi connectivity index (χ0) is 15.0. The van der Waals surface area contributed by atoms with Crippen molar-refractivity contribution in [3.8, 4) is 0 Å². The van der Waals surface area contributed by atoms with Gasteiger partial charge in [0.25, 0.3) is 0 Å². The number of nitrogens with zero attached hydrogens (tertiary/aromatic N) is 3. The summed E-state index contributed by atoms with van der Waals surface area (Å²) < 4.78 is 0. The molecule has 0 bridgehead atoms. The predicted octanol–water partition coefficient (Wildman–Crippen LogP) is 1.90. The Balaban J connectivity index is 2.12. The fraction of sp³-hybridized carbons (Fsp3) is 0.200. The van der Waals surface area contributed by atoms with E-state index in [0.29, 0.717) is 11.4 Å². The highest BCUT2D eigenvalue weighted by Crippen LogP contribution is 2.37. The van der Waals surface area contributed by atoms with E-state index in [1.165, 1.54) is 0 Å². The highest BCUT2D eigenvalue weighted by molar-refractivity contribution is 5.86. The Labute approximate surface area is 123 Å². The molecule has 0 atom stereocenters. The van der Waals surface area contributed by atoms with E-state index in [2.05, 4.69) is 33.2 Å². The number of nitrogen functional groups attached to an aromatic ring is 1. The minimum Gasteiger partial charge on any atom is -0.394 e. The monoisotopic (exact) mass is 282 g/mol. The predicted molar refractivity (Wildman–Crippen MR) is 85.4 cm³/mol. The van der Waals surface area contributed by atoms with Crippen LogP contribution >= 0.6 is 0 Å². The van der Waals surface area contributed by atoms with Gasteiger partial charge in [-0.05, 0) is 31.5 Å². The third-order valence-electron chi connectivity index (χ3n) is 3.53. The molecule has 0 saturated carbocycles. The number of hydrogen-bond donors (Lipinski definition) is 3. The van der Waals surface area contributed by atoms with Crippen LogP contribution in [-0.4, -0.2) is 16.5 Å². The Bertz CT molecular complexity index is 722. The Hall–Kier alpha value is -2.76. The number of hydrogen-bond acceptors (Lipinski definition) is 6. The van der Waals surface area contributed by atoms with E-state index in [4.69, 9.17) is 11.5 Å². The lowest BCUT2D eigenvalue weighted by Crippen LogP contribution is -2.24. The molecule has 1 aliphatic rings. The lowest BCUT2D eigenvalue weighted by Gasteiger charge is -2.20. The van der Waals surface area contributed by atoms with E-state index in [-0.39, 0.29) is 5.95 Å². The molecule has 108 valence electrons. The fourth-order valence-corrected chi connectivity index (χ4v) is 2.51. The van der Waals surface area contributed by atoms with Gasteiger partial charge in [0.1, 0.15) is 5.82 Å². The summed E-state index contributed by atoms with van der Waals surface area (Å²) in [5, 5.41) is 3.36. The first kappa shape index (κ1) is 13.2. The molecule has 1 aromatic heterocycles. The van der Waals surface area contributed by atoms with Crippen LogP contribution in [0.3, 0.4) is 0 Å². The van der Waals surface area contributed by atoms with Gasteiger partial charge in [-0.3, -0.25) is 0 Å². The summed E-state index contributed by atoms with van der Waals surface area (Å²) in [5.74, 6) is 1.05. The minimum atomic E-state index is 0.220. The molecule has 1 aromatic carbocycles. The minimum absolute atomic E-state index is 0.220. The second-order valence-corrected chi connectivity index (χ2v) is 4.91. The first-order valence-electron chi connectivity index (χ1n) is 6.84. The average molecular weight is 282 g/mol. The molecule has 0 spiro atoms. The SMILES string of the molecule is CCN1/C(=C(\N)c2nc(N)ncc2C)Nc2ccccc21. The van der Waals surface area contributed by atoms with Crippen molar-refractivity contribution < 1.29 is 0 Å². The van der Waals surface area contributed by atoms with Crippen LogP contribution < -0.4 is 21.7 Å². The summed E-state index contributed by atoms with van der Waals surface area (Å²) in [6.45, 7) is 4.80. The van der Waals surface area contributed by atoms with Gasteiger partial charge in [-0.15, -0.1) is 0 Å². The molecule has 0 amide bonds. The highest BCUT2D eigenvalue weighted by Gasteiger charge is 2.25. The van der Waals surface area contributed by atoms with Crippen LogP contribution in [0.1, 0.15) is 18.2 Å². The van der Waals surface area contributed by atoms with Gasteiger partial charge in [0.2, 0.25) is 5.95 Å². The van der Waals surface area contributed by atoms with Crippen molar-refractivity contribution in [1.82, 2.24) is 9.97 Å². The van der Waals surface area contributed by atoms with Gasteiger partial charge in [0.15, 0.2) is 0 Å². The number of fused-ring (bicyclic) bond motifs is 1. The number of nitrogens with one attached hydrogen (secondary N) is 1. The smallest absolute Gasteiger partial charge is 0.220 e. The number of aryl methyl sites for hydroxylation is 1. The van der Waals surface area contributed by atoms with E-state index >= 15 is 0 Å². The number of nitrogens with two attached hydrogens (primary N) is 2. The molecule has 3 rings (SSSR count). The topological polar surface area (TPSA) is 93.1 Å². The standard InChI is InChI=1S/C15H18N6/c1-3-21-11-7-5-4-6-10(11)19-14(21)12(16)13-9(2)8-18-15(17)20-13/h4-8,19H,3,16H2,1-2H3,(H2,17,18,20)/b14-12-. The number of para-hydroxylation sites is 2. The molecule has 0 fully saturated rings. The fourth-order valence-electron chi connectivity index (χ4n) is 2.51. The van der Waals surface area contributed by atoms with Crippen molar-refractivity contribution in [1.29, 1.82) is 0 Å². The summed E-state index contributed by atoms with van der Waals surface area (Å²) in [6.07, 6.45) is 1.68. The highest BCUT2D eigenvalue weighted by atomic mass is 15.3. The van der Waals surface area contributed by atoms with Crippen LogP contribution in [0.2, 0.25) is 0 Å². The lowest BCUT2D eigenvalue weighted by atomic mass is 10.2. The van der Waals surface area contributed by atoms with Crippen molar-refractivity contribution in [3.05, 3.63) is 47.5 Å². The van der Waals surface area contributed by atoms with Crippen molar-refractivity contribution in [3.63, 3.8) is 0 Å². The number of aromatic nitrogens is 2. The van der Waals surface area contributed by atoms with Crippen molar-refractivity contribution in [2.75, 3.05) is 22.5 Å². The summed E-state index contributed by atoms with van der Waals surface area (Å²) >= 11 is 0. The van der Waals surface area contributed by atoms with E-state index < -0.39 is 0 Å². The number of anilines is 3. The van der Waals surface area contributed by atoms with Gasteiger partial charge in [-0.1, -0.05) is 12.1 Å². The van der Waals surface area contributed by atoms with E-state index in [0.717, 1.165) is 29.3 Å². The second kappa shape index (κ2) is 4.97. The van der Waals surface area contributed by atoms with Gasteiger partial charge in [0, 0.05) is 12.7 Å².